The van der Waals surface area contributed by atoms with E-state index in [1.807, 2.05) is 0 Å². The van der Waals surface area contributed by atoms with E-state index in [1.165, 1.54) is 55.4 Å². The van der Waals surface area contributed by atoms with Gasteiger partial charge in [0.15, 0.2) is 12.3 Å². The topological polar surface area (TPSA) is 190 Å². The Labute approximate surface area is 214 Å². The highest BCUT2D eigenvalue weighted by molar-refractivity contribution is 6.32. The van der Waals surface area contributed by atoms with E-state index >= 15 is 0 Å². The molecule has 2 heterocycles. The molecule has 4 rings (SSSR count). The Hall–Kier alpha value is -4.91. The fourth-order valence-electron chi connectivity index (χ4n) is 3.16. The first-order valence-corrected chi connectivity index (χ1v) is 10.8. The van der Waals surface area contributed by atoms with Crippen molar-refractivity contribution in [3.05, 3.63) is 58.1 Å². The van der Waals surface area contributed by atoms with Crippen molar-refractivity contribution in [1.29, 1.82) is 5.41 Å². The Morgan fingerprint density at radius 3 is 2.54 bits per heavy atom. The van der Waals surface area contributed by atoms with Crippen LogP contribution in [0, 0.1) is 5.41 Å². The Bertz CT molecular complexity index is 1460. The molecule has 0 fully saturated rings. The summed E-state index contributed by atoms with van der Waals surface area (Å²) in [6.45, 7) is -0.334. The molecule has 1 aliphatic heterocycles. The molecule has 0 saturated heterocycles. The molecule has 2 amide bonds. The number of hydrogen-bond acceptors (Lipinski definition) is 9. The number of carboxylic acid groups (broad SMARTS) is 1. The summed E-state index contributed by atoms with van der Waals surface area (Å²) in [5.41, 5.74) is 5.67. The van der Waals surface area contributed by atoms with Crippen LogP contribution in [0.15, 0.2) is 36.4 Å². The number of fused-ring (bicyclic) bond motifs is 1. The number of halogens is 1. The first kappa shape index (κ1) is 25.2. The second-order valence-electron chi connectivity index (χ2n) is 7.84. The quantitative estimate of drug-likeness (QED) is 0.263. The minimum absolute atomic E-state index is 0.0339. The van der Waals surface area contributed by atoms with Crippen LogP contribution in [-0.2, 0) is 4.79 Å². The molecule has 0 radical (unpaired) electrons. The maximum Gasteiger partial charge on any atom is 0.335 e. The number of carbonyl (C=O) groups is 3. The van der Waals surface area contributed by atoms with E-state index in [0.29, 0.717) is 5.56 Å². The van der Waals surface area contributed by atoms with Crippen molar-refractivity contribution >= 4 is 40.9 Å². The van der Waals surface area contributed by atoms with Gasteiger partial charge in [0.1, 0.15) is 17.3 Å². The van der Waals surface area contributed by atoms with Gasteiger partial charge in [0.05, 0.1) is 10.6 Å². The van der Waals surface area contributed by atoms with Crippen molar-refractivity contribution in [2.75, 3.05) is 26.0 Å². The fourth-order valence-corrected chi connectivity index (χ4v) is 3.32. The van der Waals surface area contributed by atoms with Crippen LogP contribution in [0.25, 0.3) is 0 Å². The van der Waals surface area contributed by atoms with E-state index < -0.39 is 17.8 Å². The number of rotatable bonds is 7. The number of aromatic carboxylic acids is 1. The van der Waals surface area contributed by atoms with Gasteiger partial charge in [0.2, 0.25) is 5.88 Å². The van der Waals surface area contributed by atoms with E-state index in [2.05, 4.69) is 15.3 Å². The van der Waals surface area contributed by atoms with Gasteiger partial charge in [-0.2, -0.15) is 9.97 Å². The molecular formula is C23H19ClN6O7. The van der Waals surface area contributed by atoms with Crippen LogP contribution in [0.2, 0.25) is 5.02 Å². The lowest BCUT2D eigenvalue weighted by molar-refractivity contribution is -0.118. The number of anilines is 1. The monoisotopic (exact) mass is 526 g/mol. The predicted octanol–water partition coefficient (Wildman–Crippen LogP) is 2.73. The summed E-state index contributed by atoms with van der Waals surface area (Å²) in [5, 5.41) is 19.8. The van der Waals surface area contributed by atoms with Gasteiger partial charge in [-0.05, 0) is 36.4 Å². The molecule has 5 N–H and O–H groups in total. The first-order valence-electron chi connectivity index (χ1n) is 10.5. The number of nitrogens with two attached hydrogens (primary N) is 1. The van der Waals surface area contributed by atoms with E-state index in [-0.39, 0.29) is 63.5 Å². The third kappa shape index (κ3) is 5.51. The zero-order valence-electron chi connectivity index (χ0n) is 19.4. The Morgan fingerprint density at radius 1 is 1.14 bits per heavy atom. The number of carboxylic acids is 1. The molecule has 0 spiro atoms. The van der Waals surface area contributed by atoms with Crippen LogP contribution in [-0.4, -0.2) is 64.3 Å². The van der Waals surface area contributed by atoms with Crippen LogP contribution < -0.4 is 25.3 Å². The molecule has 2 aromatic carbocycles. The summed E-state index contributed by atoms with van der Waals surface area (Å²) in [7, 11) is 3.03. The molecule has 37 heavy (non-hydrogen) atoms. The zero-order chi connectivity index (χ0) is 26.9. The summed E-state index contributed by atoms with van der Waals surface area (Å²) in [6.07, 6.45) is 0. The largest absolute Gasteiger partial charge is 0.478 e. The molecule has 0 unspecified atom stereocenters. The molecule has 13 nitrogen and oxygen atoms in total. The van der Waals surface area contributed by atoms with Crippen LogP contribution in [0.4, 0.5) is 5.69 Å². The molecule has 14 heteroatoms. The summed E-state index contributed by atoms with van der Waals surface area (Å²) >= 11 is 6.20. The maximum atomic E-state index is 12.5. The Kier molecular flexibility index (Phi) is 6.80. The SMILES string of the molecule is CN(C)C(=O)c1cc(Oc2nc(Oc3cc(C(=N)N)ccc3Cl)nc3c2NC(=O)CO3)cc(C(=O)O)c1. The average Bonchev–Trinajstić information content (AvgIpc) is 2.84. The zero-order valence-corrected chi connectivity index (χ0v) is 20.1. The molecule has 0 saturated carbocycles. The van der Waals surface area contributed by atoms with Gasteiger partial charge in [-0.15, -0.1) is 0 Å². The van der Waals surface area contributed by atoms with E-state index in [0.717, 1.165) is 0 Å². The van der Waals surface area contributed by atoms with Crippen molar-refractivity contribution in [2.45, 2.75) is 0 Å². The first-order chi connectivity index (χ1) is 17.5. The van der Waals surface area contributed by atoms with Gasteiger partial charge in [-0.25, -0.2) is 4.79 Å². The Balaban J connectivity index is 1.78. The lowest BCUT2D eigenvalue weighted by atomic mass is 10.1. The lowest BCUT2D eigenvalue weighted by Crippen LogP contribution is -2.26. The average molecular weight is 527 g/mol. The van der Waals surface area contributed by atoms with Gasteiger partial charge < -0.3 is 35.3 Å². The minimum Gasteiger partial charge on any atom is -0.478 e. The van der Waals surface area contributed by atoms with Crippen molar-refractivity contribution in [2.24, 2.45) is 5.73 Å². The highest BCUT2D eigenvalue weighted by Gasteiger charge is 2.27. The maximum absolute atomic E-state index is 12.5. The normalized spacial score (nSPS) is 12.0. The summed E-state index contributed by atoms with van der Waals surface area (Å²) in [6, 6.07) is 7.82. The van der Waals surface area contributed by atoms with Crippen molar-refractivity contribution in [1.82, 2.24) is 14.9 Å². The molecular weight excluding hydrogens is 508 g/mol. The van der Waals surface area contributed by atoms with Crippen molar-refractivity contribution in [3.63, 3.8) is 0 Å². The van der Waals surface area contributed by atoms with Gasteiger partial charge in [0, 0.05) is 25.2 Å². The molecule has 0 atom stereocenters. The molecule has 1 aliphatic rings. The summed E-state index contributed by atoms with van der Waals surface area (Å²) < 4.78 is 16.9. The number of aromatic nitrogens is 2. The lowest BCUT2D eigenvalue weighted by Gasteiger charge is -2.20. The Morgan fingerprint density at radius 2 is 1.86 bits per heavy atom. The highest BCUT2D eigenvalue weighted by atomic mass is 35.5. The fraction of sp³-hybridized carbons (Fsp3) is 0.130. The standard InChI is InChI=1S/C23H19ClN6O7/c1-30(2)21(32)11-5-12(22(33)34)7-13(6-11)36-20-17-19(35-9-16(31)27-17)28-23(29-20)37-15-8-10(18(25)26)3-4-14(15)24/h3-8H,9H2,1-2H3,(H3,25,26)(H,27,31)(H,33,34). The smallest absolute Gasteiger partial charge is 0.335 e. The summed E-state index contributed by atoms with van der Waals surface area (Å²) in [5.74, 6) is -2.80. The number of ether oxygens (including phenoxy) is 3. The second-order valence-corrected chi connectivity index (χ2v) is 8.25. The third-order valence-electron chi connectivity index (χ3n) is 4.89. The number of amidine groups is 1. The third-order valence-corrected chi connectivity index (χ3v) is 5.20. The highest BCUT2D eigenvalue weighted by Crippen LogP contribution is 2.40. The molecule has 3 aromatic rings. The van der Waals surface area contributed by atoms with Crippen LogP contribution >= 0.6 is 11.6 Å². The van der Waals surface area contributed by atoms with Gasteiger partial charge in [0.25, 0.3) is 17.7 Å². The number of amides is 2. The number of nitrogens with zero attached hydrogens (tertiary/aromatic N) is 3. The number of nitrogen functional groups attached to an aromatic ring is 1. The van der Waals surface area contributed by atoms with E-state index in [4.69, 9.17) is 37.0 Å². The second kappa shape index (κ2) is 9.99. The van der Waals surface area contributed by atoms with E-state index in [1.54, 1.807) is 0 Å². The number of benzene rings is 2. The van der Waals surface area contributed by atoms with Gasteiger partial charge in [-0.1, -0.05) is 11.6 Å². The van der Waals surface area contributed by atoms with Crippen LogP contribution in [0.5, 0.6) is 29.3 Å². The number of hydrogen-bond donors (Lipinski definition) is 4. The van der Waals surface area contributed by atoms with Gasteiger partial charge >= 0.3 is 12.0 Å². The van der Waals surface area contributed by atoms with Crippen molar-refractivity contribution in [3.8, 4) is 29.3 Å². The number of carbonyl (C=O) groups excluding carboxylic acids is 2. The predicted molar refractivity (Wildman–Crippen MR) is 130 cm³/mol. The molecule has 0 bridgehead atoms. The summed E-state index contributed by atoms with van der Waals surface area (Å²) in [4.78, 5) is 45.7. The van der Waals surface area contributed by atoms with Crippen LogP contribution in [0.3, 0.4) is 0 Å². The molecule has 190 valence electrons. The molecule has 1 aromatic heterocycles. The molecule has 0 aliphatic carbocycles. The van der Waals surface area contributed by atoms with E-state index in [9.17, 15) is 19.5 Å². The van der Waals surface area contributed by atoms with Gasteiger partial charge in [-0.3, -0.25) is 15.0 Å². The van der Waals surface area contributed by atoms with Crippen molar-refractivity contribution < 1.29 is 33.7 Å². The van der Waals surface area contributed by atoms with Crippen LogP contribution in [0.1, 0.15) is 26.3 Å². The number of nitrogens with one attached hydrogen (secondary N) is 2. The minimum atomic E-state index is -1.29.